The summed E-state index contributed by atoms with van der Waals surface area (Å²) in [6, 6.07) is 6.60. The van der Waals surface area contributed by atoms with E-state index >= 15 is 0 Å². The van der Waals surface area contributed by atoms with Crippen molar-refractivity contribution in [1.82, 2.24) is 4.98 Å². The third-order valence-corrected chi connectivity index (χ3v) is 3.81. The van der Waals surface area contributed by atoms with Crippen LogP contribution in [0.4, 0.5) is 5.82 Å². The van der Waals surface area contributed by atoms with Crippen LogP contribution in [0.25, 0.3) is 10.9 Å². The van der Waals surface area contributed by atoms with E-state index in [4.69, 9.17) is 4.98 Å². The van der Waals surface area contributed by atoms with Crippen molar-refractivity contribution < 1.29 is 0 Å². The van der Waals surface area contributed by atoms with Gasteiger partial charge < -0.3 is 5.32 Å². The molecule has 94 valence electrons. The quantitative estimate of drug-likeness (QED) is 0.881. The van der Waals surface area contributed by atoms with Gasteiger partial charge in [-0.2, -0.15) is 0 Å². The molecule has 2 heteroatoms. The lowest BCUT2D eigenvalue weighted by Crippen LogP contribution is -1.97. The largest absolute Gasteiger partial charge is 0.369 e. The molecule has 0 fully saturated rings. The minimum atomic E-state index is 1.04. The summed E-state index contributed by atoms with van der Waals surface area (Å²) in [6.07, 6.45) is 4.82. The van der Waals surface area contributed by atoms with Gasteiger partial charge >= 0.3 is 0 Å². The van der Waals surface area contributed by atoms with Crippen molar-refractivity contribution in [3.63, 3.8) is 0 Å². The highest BCUT2D eigenvalue weighted by Crippen LogP contribution is 2.31. The molecular weight excluding hydrogens is 220 g/mol. The van der Waals surface area contributed by atoms with Gasteiger partial charge in [-0.1, -0.05) is 25.0 Å². The maximum Gasteiger partial charge on any atom is 0.130 e. The van der Waals surface area contributed by atoms with E-state index in [9.17, 15) is 0 Å². The van der Waals surface area contributed by atoms with Crippen LogP contribution in [-0.4, -0.2) is 11.5 Å². The van der Waals surface area contributed by atoms with Crippen LogP contribution >= 0.6 is 0 Å². The number of nitrogens with one attached hydrogen (secondary N) is 1. The lowest BCUT2D eigenvalue weighted by atomic mass is 9.96. The maximum atomic E-state index is 4.75. The predicted molar refractivity (Wildman–Crippen MR) is 77.3 cm³/mol. The molecule has 0 amide bonds. The van der Waals surface area contributed by atoms with Gasteiger partial charge in [0.15, 0.2) is 0 Å². The van der Waals surface area contributed by atoms with E-state index in [1.165, 1.54) is 41.3 Å². The monoisotopic (exact) mass is 240 g/mol. The third-order valence-electron chi connectivity index (χ3n) is 3.81. The van der Waals surface area contributed by atoms with Crippen molar-refractivity contribution in [2.75, 3.05) is 11.9 Å². The molecule has 0 unspecified atom stereocenters. The number of rotatable bonds is 3. The lowest BCUT2D eigenvalue weighted by Gasteiger charge is -2.12. The Kier molecular flexibility index (Phi) is 2.94. The number of nitrogens with zero attached hydrogens (tertiary/aromatic N) is 1. The molecular formula is C16H20N2. The second-order valence-electron chi connectivity index (χ2n) is 5.22. The van der Waals surface area contributed by atoms with Crippen molar-refractivity contribution >= 4 is 16.7 Å². The van der Waals surface area contributed by atoms with Crippen molar-refractivity contribution in [3.8, 4) is 0 Å². The van der Waals surface area contributed by atoms with Crippen LogP contribution in [0.1, 0.15) is 36.5 Å². The summed E-state index contributed by atoms with van der Waals surface area (Å²) in [5.74, 6) is 1.12. The molecule has 1 aliphatic rings. The minimum absolute atomic E-state index is 1.04. The molecule has 2 heterocycles. The van der Waals surface area contributed by atoms with E-state index in [1.807, 2.05) is 0 Å². The van der Waals surface area contributed by atoms with Gasteiger partial charge in [0, 0.05) is 17.5 Å². The van der Waals surface area contributed by atoms with E-state index in [1.54, 1.807) is 0 Å². The van der Waals surface area contributed by atoms with Gasteiger partial charge in [-0.05, 0) is 43.9 Å². The first-order valence-corrected chi connectivity index (χ1v) is 6.95. The van der Waals surface area contributed by atoms with E-state index in [-0.39, 0.29) is 0 Å². The summed E-state index contributed by atoms with van der Waals surface area (Å²) in [6.45, 7) is 5.46. The molecule has 0 saturated heterocycles. The topological polar surface area (TPSA) is 24.9 Å². The number of aryl methyl sites for hydroxylation is 2. The Hall–Kier alpha value is -1.57. The first kappa shape index (κ1) is 11.5. The molecule has 0 radical (unpaired) electrons. The van der Waals surface area contributed by atoms with Gasteiger partial charge in [0.1, 0.15) is 5.82 Å². The van der Waals surface area contributed by atoms with E-state index in [2.05, 4.69) is 37.4 Å². The van der Waals surface area contributed by atoms with Gasteiger partial charge in [-0.25, -0.2) is 4.98 Å². The Morgan fingerprint density at radius 3 is 3.06 bits per heavy atom. The smallest absolute Gasteiger partial charge is 0.130 e. The summed E-state index contributed by atoms with van der Waals surface area (Å²) in [7, 11) is 0. The van der Waals surface area contributed by atoms with E-state index < -0.39 is 0 Å². The molecule has 1 N–H and O–H groups in total. The normalized spacial score (nSPS) is 13.7. The van der Waals surface area contributed by atoms with Crippen LogP contribution in [-0.2, 0) is 12.8 Å². The molecule has 1 aliphatic heterocycles. The lowest BCUT2D eigenvalue weighted by molar-refractivity contribution is 0.792. The molecule has 2 nitrogen and oxygen atoms in total. The molecule has 0 spiro atoms. The molecule has 0 aliphatic carbocycles. The number of pyridine rings is 1. The standard InChI is InChI=1S/C16H20N2/c1-3-4-5-12-13-8-9-17-16(13)18-15-7-6-11(2)10-14(12)15/h6-7,10H,3-5,8-9H2,1-2H3,(H,17,18). The maximum absolute atomic E-state index is 4.75. The average Bonchev–Trinajstić information content (AvgIpc) is 2.82. The van der Waals surface area contributed by atoms with Crippen LogP contribution in [0.3, 0.4) is 0 Å². The van der Waals surface area contributed by atoms with Crippen molar-refractivity contribution in [2.24, 2.45) is 0 Å². The number of hydrogen-bond acceptors (Lipinski definition) is 2. The molecule has 0 atom stereocenters. The van der Waals surface area contributed by atoms with Crippen LogP contribution in [0.5, 0.6) is 0 Å². The zero-order valence-corrected chi connectivity index (χ0v) is 11.2. The zero-order valence-electron chi connectivity index (χ0n) is 11.2. The Morgan fingerprint density at radius 2 is 2.22 bits per heavy atom. The molecule has 18 heavy (non-hydrogen) atoms. The van der Waals surface area contributed by atoms with E-state index in [0.29, 0.717) is 0 Å². The molecule has 0 bridgehead atoms. The second kappa shape index (κ2) is 4.60. The van der Waals surface area contributed by atoms with Gasteiger partial charge in [0.2, 0.25) is 0 Å². The van der Waals surface area contributed by atoms with Gasteiger partial charge in [-0.3, -0.25) is 0 Å². The first-order valence-electron chi connectivity index (χ1n) is 6.95. The number of anilines is 1. The van der Waals surface area contributed by atoms with Crippen LogP contribution < -0.4 is 5.32 Å². The SMILES string of the molecule is CCCCc1c2c(nc3ccc(C)cc13)NCC2. The second-order valence-corrected chi connectivity index (χ2v) is 5.22. The zero-order chi connectivity index (χ0) is 12.5. The highest BCUT2D eigenvalue weighted by Gasteiger charge is 2.18. The molecule has 1 aromatic heterocycles. The summed E-state index contributed by atoms with van der Waals surface area (Å²) in [4.78, 5) is 4.75. The van der Waals surface area contributed by atoms with Gasteiger partial charge in [0.05, 0.1) is 5.52 Å². The summed E-state index contributed by atoms with van der Waals surface area (Å²) in [5.41, 5.74) is 5.46. The fourth-order valence-corrected chi connectivity index (χ4v) is 2.84. The predicted octanol–water partition coefficient (Wildman–Crippen LogP) is 3.85. The Labute approximate surface area is 108 Å². The average molecular weight is 240 g/mol. The highest BCUT2D eigenvalue weighted by molar-refractivity contribution is 5.87. The summed E-state index contributed by atoms with van der Waals surface area (Å²) >= 11 is 0. The van der Waals surface area contributed by atoms with Crippen molar-refractivity contribution in [1.29, 1.82) is 0 Å². The fraction of sp³-hybridized carbons (Fsp3) is 0.438. The number of fused-ring (bicyclic) bond motifs is 2. The van der Waals surface area contributed by atoms with Crippen LogP contribution in [0.15, 0.2) is 18.2 Å². The number of benzene rings is 1. The van der Waals surface area contributed by atoms with Crippen molar-refractivity contribution in [2.45, 2.75) is 39.5 Å². The van der Waals surface area contributed by atoms with Gasteiger partial charge in [0.25, 0.3) is 0 Å². The first-order chi connectivity index (χ1) is 8.79. The van der Waals surface area contributed by atoms with Gasteiger partial charge in [-0.15, -0.1) is 0 Å². The molecule has 3 rings (SSSR count). The van der Waals surface area contributed by atoms with Crippen LogP contribution in [0.2, 0.25) is 0 Å². The highest BCUT2D eigenvalue weighted by atomic mass is 15.0. The number of unbranched alkanes of at least 4 members (excludes halogenated alkanes) is 1. The number of hydrogen-bond donors (Lipinski definition) is 1. The Morgan fingerprint density at radius 1 is 1.33 bits per heavy atom. The molecule has 1 aromatic carbocycles. The van der Waals surface area contributed by atoms with Crippen LogP contribution in [0, 0.1) is 6.92 Å². The molecule has 2 aromatic rings. The Bertz CT molecular complexity index is 587. The van der Waals surface area contributed by atoms with Crippen molar-refractivity contribution in [3.05, 3.63) is 34.9 Å². The van der Waals surface area contributed by atoms with E-state index in [0.717, 1.165) is 24.3 Å². The third kappa shape index (κ3) is 1.86. The fourth-order valence-electron chi connectivity index (χ4n) is 2.84. The number of aromatic nitrogens is 1. The Balaban J connectivity index is 2.22. The minimum Gasteiger partial charge on any atom is -0.369 e. The summed E-state index contributed by atoms with van der Waals surface area (Å²) in [5, 5.41) is 4.78. The molecule has 0 saturated carbocycles. The summed E-state index contributed by atoms with van der Waals surface area (Å²) < 4.78 is 0.